The van der Waals surface area contributed by atoms with Gasteiger partial charge in [0.15, 0.2) is 0 Å². The molecule has 4 bridgehead atoms. The number of likely N-dealkylation sites (N-methyl/N-ethyl adjacent to an activating group) is 1. The van der Waals surface area contributed by atoms with E-state index in [1.54, 1.807) is 54.0 Å². The van der Waals surface area contributed by atoms with Crippen LogP contribution in [0.5, 0.6) is 5.75 Å². The number of carbonyl (C=O) groups is 5. The molecule has 0 saturated carbocycles. The van der Waals surface area contributed by atoms with Crippen molar-refractivity contribution >= 4 is 29.6 Å². The number of aromatic nitrogens is 3. The maximum Gasteiger partial charge on any atom is 0.326 e. The Balaban J connectivity index is 1.37. The second kappa shape index (κ2) is 21.2. The summed E-state index contributed by atoms with van der Waals surface area (Å²) in [4.78, 5) is 67.7. The van der Waals surface area contributed by atoms with Crippen LogP contribution in [0, 0.1) is 0 Å². The van der Waals surface area contributed by atoms with Crippen molar-refractivity contribution in [1.29, 1.82) is 0 Å². The Labute approximate surface area is 332 Å². The summed E-state index contributed by atoms with van der Waals surface area (Å²) in [6.45, 7) is 3.18. The van der Waals surface area contributed by atoms with Gasteiger partial charge >= 0.3 is 5.97 Å². The van der Waals surface area contributed by atoms with Crippen LogP contribution in [-0.2, 0) is 49.8 Å². The largest absolute Gasteiger partial charge is 0.492 e. The summed E-state index contributed by atoms with van der Waals surface area (Å²) in [5, 5.41) is 44.5. The molecule has 3 aliphatic rings. The van der Waals surface area contributed by atoms with E-state index in [1.165, 1.54) is 0 Å². The van der Waals surface area contributed by atoms with E-state index in [2.05, 4.69) is 36.9 Å². The Morgan fingerprint density at radius 3 is 2.47 bits per heavy atom. The molecule has 1 aromatic heterocycles. The van der Waals surface area contributed by atoms with Crippen LogP contribution in [0.4, 0.5) is 0 Å². The van der Waals surface area contributed by atoms with E-state index < -0.39 is 54.2 Å². The van der Waals surface area contributed by atoms with Crippen molar-refractivity contribution < 1.29 is 38.9 Å². The minimum atomic E-state index is -1.29. The third-order valence-corrected chi connectivity index (χ3v) is 10.4. The standard InChI is InChI=1S/C40H55N9O8/c1-26(41-2)36(51)43-31-11-6-7-19-42-35(50)18-15-29-25-48(47-46-29)21-22-57-30-16-13-28(14-17-30)24-33(40(55)56)45-37(52)32(23-27-9-4-3-5-10-27)44-38(53)34-12-8-20-49(34)39(31)54/h3-5,9-10,13-14,16-17,25-26,31-34,39,41,54H,6-8,11-12,15,18-24H2,1-2H3,(H,42,50)(H,43,51)(H,44,53)(H,45,52)(H,55,56)/t26-,31-,32-,33-,34-,39?/m0/s1. The molecule has 308 valence electrons. The molecule has 3 aliphatic heterocycles. The molecule has 2 aromatic carbocycles. The fourth-order valence-corrected chi connectivity index (χ4v) is 6.98. The molecule has 4 amide bonds. The lowest BCUT2D eigenvalue weighted by molar-refractivity contribution is -0.142. The van der Waals surface area contributed by atoms with Gasteiger partial charge in [-0.05, 0) is 69.3 Å². The van der Waals surface area contributed by atoms with Gasteiger partial charge in [0.05, 0.1) is 30.4 Å². The molecule has 0 aliphatic carbocycles. The van der Waals surface area contributed by atoms with Crippen LogP contribution in [0.15, 0.2) is 60.8 Å². The van der Waals surface area contributed by atoms with Gasteiger partial charge in [-0.3, -0.25) is 24.1 Å². The summed E-state index contributed by atoms with van der Waals surface area (Å²) in [5.74, 6) is -2.27. The lowest BCUT2D eigenvalue weighted by Gasteiger charge is -2.35. The van der Waals surface area contributed by atoms with Crippen LogP contribution in [0.2, 0.25) is 0 Å². The number of carboxylic acids is 1. The van der Waals surface area contributed by atoms with Gasteiger partial charge in [-0.15, -0.1) is 5.10 Å². The summed E-state index contributed by atoms with van der Waals surface area (Å²) >= 11 is 0. The van der Waals surface area contributed by atoms with Gasteiger partial charge in [0.1, 0.15) is 30.7 Å². The van der Waals surface area contributed by atoms with Gasteiger partial charge in [-0.2, -0.15) is 0 Å². The highest BCUT2D eigenvalue weighted by atomic mass is 16.5. The number of amides is 4. The summed E-state index contributed by atoms with van der Waals surface area (Å²) in [7, 11) is 1.66. The number of hydrogen-bond donors (Lipinski definition) is 7. The highest BCUT2D eigenvalue weighted by molar-refractivity contribution is 5.92. The number of aryl methyl sites for hydroxylation is 1. The van der Waals surface area contributed by atoms with Crippen LogP contribution < -0.4 is 31.3 Å². The number of aliphatic carboxylic acids is 1. The first-order valence-corrected chi connectivity index (χ1v) is 19.7. The summed E-state index contributed by atoms with van der Waals surface area (Å²) in [6, 6.07) is 11.5. The summed E-state index contributed by atoms with van der Waals surface area (Å²) in [6.07, 6.45) is 3.76. The van der Waals surface area contributed by atoms with Gasteiger partial charge in [0.25, 0.3) is 0 Å². The number of benzene rings is 2. The molecule has 57 heavy (non-hydrogen) atoms. The fraction of sp³-hybridized carbons (Fsp3) is 0.525. The summed E-state index contributed by atoms with van der Waals surface area (Å²) in [5.41, 5.74) is 2.07. The third-order valence-electron chi connectivity index (χ3n) is 10.4. The lowest BCUT2D eigenvalue weighted by atomic mass is 10.0. The van der Waals surface area contributed by atoms with E-state index in [1.807, 2.05) is 30.3 Å². The van der Waals surface area contributed by atoms with Gasteiger partial charge in [-0.25, -0.2) is 9.48 Å². The first-order valence-electron chi connectivity index (χ1n) is 19.7. The van der Waals surface area contributed by atoms with Crippen LogP contribution in [-0.4, -0.2) is 123 Å². The Morgan fingerprint density at radius 1 is 0.965 bits per heavy atom. The first-order chi connectivity index (χ1) is 27.5. The Bertz CT molecular complexity index is 1790. The molecular formula is C40H55N9O8. The van der Waals surface area contributed by atoms with Crippen molar-refractivity contribution in [3.8, 4) is 5.75 Å². The normalized spacial score (nSPS) is 24.3. The van der Waals surface area contributed by atoms with Crippen molar-refractivity contribution in [1.82, 2.24) is 46.5 Å². The molecule has 6 rings (SSSR count). The Morgan fingerprint density at radius 2 is 1.74 bits per heavy atom. The SMILES string of the molecule is CN[C@@H](C)C(=O)N[C@H]1CCCCNC(=O)CCc2cn(nn2)CCOc2ccc(cc2)C[C@@H](C(=O)O)NC(=O)[C@H](Cc2ccccc2)NC(=O)[C@@H]2CCCN2C1O. The highest BCUT2D eigenvalue weighted by Crippen LogP contribution is 2.23. The maximum atomic E-state index is 14.0. The number of aliphatic hydroxyl groups excluding tert-OH is 1. The molecule has 4 heterocycles. The highest BCUT2D eigenvalue weighted by Gasteiger charge is 2.40. The second-order valence-corrected chi connectivity index (χ2v) is 14.6. The number of aliphatic hydroxyl groups is 1. The summed E-state index contributed by atoms with van der Waals surface area (Å²) < 4.78 is 7.50. The number of ether oxygens (including phenoxy) is 1. The van der Waals surface area contributed by atoms with Crippen molar-refractivity contribution in [2.45, 2.75) is 108 Å². The monoisotopic (exact) mass is 789 g/mol. The van der Waals surface area contributed by atoms with Crippen molar-refractivity contribution in [3.05, 3.63) is 77.6 Å². The Hall–Kier alpha value is -5.39. The molecule has 17 nitrogen and oxygen atoms in total. The molecule has 1 fully saturated rings. The minimum absolute atomic E-state index is 0.0189. The number of carboxylic acid groups (broad SMARTS) is 1. The van der Waals surface area contributed by atoms with E-state index in [0.29, 0.717) is 81.8 Å². The predicted molar refractivity (Wildman–Crippen MR) is 209 cm³/mol. The number of rotatable bonds is 6. The number of hydrogen-bond acceptors (Lipinski definition) is 11. The average molecular weight is 790 g/mol. The zero-order chi connectivity index (χ0) is 40.7. The number of nitrogens with one attached hydrogen (secondary N) is 5. The topological polar surface area (TPSA) is 229 Å². The first kappa shape index (κ1) is 42.7. The van der Waals surface area contributed by atoms with Gasteiger partial charge in [-0.1, -0.05) is 47.7 Å². The second-order valence-electron chi connectivity index (χ2n) is 14.6. The zero-order valence-electron chi connectivity index (χ0n) is 32.6. The molecule has 6 atom stereocenters. The third kappa shape index (κ3) is 12.8. The molecule has 1 unspecified atom stereocenters. The zero-order valence-corrected chi connectivity index (χ0v) is 32.6. The van der Waals surface area contributed by atoms with E-state index in [0.717, 1.165) is 5.56 Å². The quantitative estimate of drug-likeness (QED) is 0.179. The van der Waals surface area contributed by atoms with Crippen LogP contribution in [0.3, 0.4) is 0 Å². The van der Waals surface area contributed by atoms with E-state index in [-0.39, 0.29) is 31.1 Å². The van der Waals surface area contributed by atoms with Crippen molar-refractivity contribution in [2.24, 2.45) is 0 Å². The van der Waals surface area contributed by atoms with E-state index >= 15 is 0 Å². The van der Waals surface area contributed by atoms with Gasteiger partial charge in [0, 0.05) is 45.0 Å². The van der Waals surface area contributed by atoms with Gasteiger partial charge in [0.2, 0.25) is 23.6 Å². The van der Waals surface area contributed by atoms with Gasteiger partial charge < -0.3 is 41.5 Å². The van der Waals surface area contributed by atoms with Crippen molar-refractivity contribution in [2.75, 3.05) is 26.7 Å². The average Bonchev–Trinajstić information content (AvgIpc) is 3.89. The number of nitrogens with zero attached hydrogens (tertiary/aromatic N) is 4. The minimum Gasteiger partial charge on any atom is -0.492 e. The molecule has 1 saturated heterocycles. The molecule has 0 spiro atoms. The molecular weight excluding hydrogens is 734 g/mol. The molecule has 0 radical (unpaired) electrons. The maximum absolute atomic E-state index is 14.0. The fourth-order valence-electron chi connectivity index (χ4n) is 6.98. The van der Waals surface area contributed by atoms with Crippen LogP contribution in [0.1, 0.15) is 62.3 Å². The lowest BCUT2D eigenvalue weighted by Crippen LogP contribution is -2.60. The van der Waals surface area contributed by atoms with Crippen LogP contribution in [0.25, 0.3) is 0 Å². The smallest absolute Gasteiger partial charge is 0.326 e. The number of fused-ring (bicyclic) bond motifs is 19. The molecule has 17 heteroatoms. The van der Waals surface area contributed by atoms with Crippen molar-refractivity contribution in [3.63, 3.8) is 0 Å². The predicted octanol–water partition coefficient (Wildman–Crippen LogP) is 0.305. The van der Waals surface area contributed by atoms with E-state index in [9.17, 15) is 34.2 Å². The molecule has 3 aromatic rings. The van der Waals surface area contributed by atoms with Crippen LogP contribution >= 0.6 is 0 Å². The van der Waals surface area contributed by atoms with E-state index in [4.69, 9.17) is 4.74 Å². The number of carbonyl (C=O) groups excluding carboxylic acids is 4. The Kier molecular flexibility index (Phi) is 15.9. The molecule has 7 N–H and O–H groups in total.